The molecule has 0 aromatic rings. The number of rotatable bonds is 15. The second-order valence-electron chi connectivity index (χ2n) is 5.82. The summed E-state index contributed by atoms with van der Waals surface area (Å²) in [5, 5.41) is 0. The van der Waals surface area contributed by atoms with Crippen LogP contribution in [-0.4, -0.2) is 61.6 Å². The largest absolute Gasteiger partial charge is 0.506 e. The highest BCUT2D eigenvalue weighted by atomic mass is 28.4. The molecular weight excluding hydrogens is 360 g/mol. The number of hydrogen-bond acceptors (Lipinski definition) is 8. The van der Waals surface area contributed by atoms with E-state index >= 15 is 0 Å². The van der Waals surface area contributed by atoms with Crippen LogP contribution in [0.2, 0.25) is 6.04 Å². The molecule has 0 spiro atoms. The molecule has 3 unspecified atom stereocenters. The second-order valence-corrected chi connectivity index (χ2v) is 8.39. The molecule has 0 aliphatic heterocycles. The quantitative estimate of drug-likeness (QED) is 0.138. The summed E-state index contributed by atoms with van der Waals surface area (Å²) in [5.41, 5.74) is 0.375. The molecule has 154 valence electrons. The van der Waals surface area contributed by atoms with Gasteiger partial charge < -0.3 is 32.2 Å². The minimum atomic E-state index is -3.18. The molecule has 0 aromatic carbocycles. The van der Waals surface area contributed by atoms with Crippen LogP contribution in [0.15, 0.2) is 12.2 Å². The highest BCUT2D eigenvalue weighted by Crippen LogP contribution is 2.25. The summed E-state index contributed by atoms with van der Waals surface area (Å²) in [7, 11) is 1.45. The number of carbonyl (C=O) groups is 1. The predicted octanol–water partition coefficient (Wildman–Crippen LogP) is 2.85. The summed E-state index contributed by atoms with van der Waals surface area (Å²) < 4.78 is 38.7. The zero-order chi connectivity index (χ0) is 20.2. The van der Waals surface area contributed by atoms with E-state index in [1.807, 2.05) is 0 Å². The van der Waals surface area contributed by atoms with Crippen LogP contribution in [-0.2, 0) is 37.0 Å². The number of carbonyl (C=O) groups excluding carboxylic acids is 1. The molecule has 8 nitrogen and oxygen atoms in total. The molecule has 0 saturated heterocycles. The zero-order valence-electron chi connectivity index (χ0n) is 17.0. The van der Waals surface area contributed by atoms with Gasteiger partial charge in [-0.3, -0.25) is 0 Å². The average Bonchev–Trinajstić information content (AvgIpc) is 2.60. The van der Waals surface area contributed by atoms with Crippen LogP contribution in [0.25, 0.3) is 0 Å². The average molecular weight is 395 g/mol. The summed E-state index contributed by atoms with van der Waals surface area (Å²) in [4.78, 5) is 11.4. The Hall–Kier alpha value is -0.813. The number of ether oxygens (including phenoxy) is 4. The van der Waals surface area contributed by atoms with Crippen molar-refractivity contribution in [2.45, 2.75) is 65.5 Å². The number of methoxy groups -OCH3 is 3. The summed E-state index contributed by atoms with van der Waals surface area (Å²) in [6.45, 7) is 10.7. The molecule has 0 rings (SSSR count). The molecule has 3 atom stereocenters. The van der Waals surface area contributed by atoms with Gasteiger partial charge in [0.2, 0.25) is 0 Å². The van der Waals surface area contributed by atoms with E-state index < -0.39 is 33.6 Å². The van der Waals surface area contributed by atoms with Crippen molar-refractivity contribution in [2.24, 2.45) is 0 Å². The van der Waals surface area contributed by atoms with Crippen molar-refractivity contribution in [1.29, 1.82) is 0 Å². The zero-order valence-corrected chi connectivity index (χ0v) is 18.0. The van der Waals surface area contributed by atoms with E-state index in [1.54, 1.807) is 49.0 Å². The Morgan fingerprint density at radius 3 is 1.65 bits per heavy atom. The first kappa shape index (κ1) is 25.2. The van der Waals surface area contributed by atoms with Crippen LogP contribution < -0.4 is 0 Å². The van der Waals surface area contributed by atoms with E-state index in [0.717, 1.165) is 0 Å². The molecule has 0 radical (unpaired) electrons. The Kier molecular flexibility index (Phi) is 13.0. The summed E-state index contributed by atoms with van der Waals surface area (Å²) >= 11 is 0. The summed E-state index contributed by atoms with van der Waals surface area (Å²) in [6.07, 6.45) is -0.254. The van der Waals surface area contributed by atoms with Crippen LogP contribution in [0.1, 0.15) is 40.5 Å². The van der Waals surface area contributed by atoms with E-state index in [9.17, 15) is 4.79 Å². The molecule has 0 aliphatic carbocycles. The minimum absolute atomic E-state index is 0.287. The highest BCUT2D eigenvalue weighted by Gasteiger charge is 2.45. The van der Waals surface area contributed by atoms with E-state index in [1.165, 1.54) is 0 Å². The normalized spacial score (nSPS) is 17.2. The third-order valence-electron chi connectivity index (χ3n) is 3.49. The van der Waals surface area contributed by atoms with Crippen molar-refractivity contribution >= 4 is 14.8 Å². The Labute approximate surface area is 158 Å². The van der Waals surface area contributed by atoms with Crippen molar-refractivity contribution in [3.63, 3.8) is 0 Å². The third-order valence-corrected chi connectivity index (χ3v) is 6.53. The van der Waals surface area contributed by atoms with Crippen LogP contribution in [0.5, 0.6) is 0 Å². The topological polar surface area (TPSA) is 81.7 Å². The van der Waals surface area contributed by atoms with Crippen molar-refractivity contribution in [3.05, 3.63) is 12.2 Å². The molecule has 0 saturated carbocycles. The molecule has 0 heterocycles. The van der Waals surface area contributed by atoms with Crippen molar-refractivity contribution in [2.75, 3.05) is 27.9 Å². The minimum Gasteiger partial charge on any atom is -0.462 e. The lowest BCUT2D eigenvalue weighted by molar-refractivity contribution is -0.163. The number of hydrogen-bond donors (Lipinski definition) is 0. The van der Waals surface area contributed by atoms with Crippen LogP contribution in [0.4, 0.5) is 0 Å². The smallest absolute Gasteiger partial charge is 0.462 e. The fraction of sp³-hybridized carbons (Fsp3) is 0.824. The molecule has 0 N–H and O–H groups in total. The first-order valence-electron chi connectivity index (χ1n) is 8.64. The van der Waals surface area contributed by atoms with Crippen molar-refractivity contribution < 1.29 is 37.0 Å². The Balaban J connectivity index is 4.94. The van der Waals surface area contributed by atoms with Crippen LogP contribution in [0.3, 0.4) is 0 Å². The van der Waals surface area contributed by atoms with E-state index in [2.05, 4.69) is 6.58 Å². The molecule has 9 heteroatoms. The molecule has 0 amide bonds. The van der Waals surface area contributed by atoms with Gasteiger partial charge in [0, 0.05) is 32.9 Å². The van der Waals surface area contributed by atoms with Crippen molar-refractivity contribution in [1.82, 2.24) is 0 Å². The predicted molar refractivity (Wildman–Crippen MR) is 98.2 cm³/mol. The highest BCUT2D eigenvalue weighted by molar-refractivity contribution is 6.60. The molecule has 26 heavy (non-hydrogen) atoms. The van der Waals surface area contributed by atoms with Gasteiger partial charge in [0.25, 0.3) is 0 Å². The molecular formula is C17H34O8Si. The molecule has 0 bridgehead atoms. The monoisotopic (exact) mass is 394 g/mol. The van der Waals surface area contributed by atoms with Gasteiger partial charge >= 0.3 is 14.8 Å². The Bertz CT molecular complexity index is 386. The SMILES string of the molecule is C=C(C)C(=O)OCCCC[Si](OC(C)OC)(OC(C)OC)OC(C)OC. The molecule has 0 aliphatic rings. The number of esters is 1. The first-order chi connectivity index (χ1) is 12.2. The number of unbranched alkanes of at least 4 members (excludes halogenated alkanes) is 1. The van der Waals surface area contributed by atoms with Gasteiger partial charge in [0.15, 0.2) is 0 Å². The fourth-order valence-electron chi connectivity index (χ4n) is 1.89. The van der Waals surface area contributed by atoms with Gasteiger partial charge in [0.05, 0.1) is 6.61 Å². The lowest BCUT2D eigenvalue weighted by Gasteiger charge is -2.35. The van der Waals surface area contributed by atoms with Crippen molar-refractivity contribution in [3.8, 4) is 0 Å². The first-order valence-corrected chi connectivity index (χ1v) is 10.6. The summed E-state index contributed by atoms with van der Waals surface area (Å²) in [5.74, 6) is -0.397. The summed E-state index contributed by atoms with van der Waals surface area (Å²) in [6, 6.07) is 0.493. The maximum atomic E-state index is 11.4. The third kappa shape index (κ3) is 10.4. The second kappa shape index (κ2) is 13.4. The van der Waals surface area contributed by atoms with Gasteiger partial charge in [-0.2, -0.15) is 0 Å². The van der Waals surface area contributed by atoms with Gasteiger partial charge in [-0.05, 0) is 40.5 Å². The van der Waals surface area contributed by atoms with Crippen LogP contribution >= 0.6 is 0 Å². The van der Waals surface area contributed by atoms with Gasteiger partial charge in [-0.25, -0.2) is 4.79 Å². The molecule has 0 aromatic heterocycles. The van der Waals surface area contributed by atoms with Gasteiger partial charge in [0.1, 0.15) is 18.9 Å². The van der Waals surface area contributed by atoms with E-state index in [4.69, 9.17) is 32.2 Å². The lowest BCUT2D eigenvalue weighted by Crippen LogP contribution is -2.52. The maximum Gasteiger partial charge on any atom is 0.506 e. The Morgan fingerprint density at radius 2 is 1.31 bits per heavy atom. The molecule has 0 fully saturated rings. The fourth-order valence-corrected chi connectivity index (χ4v) is 4.90. The standard InChI is InChI=1S/C17H34O8Si/c1-13(2)17(18)22-11-9-10-12-26(23-14(3)19-6,24-15(4)20-7)25-16(5)21-8/h14-16H,1,9-12H2,2-8H3. The van der Waals surface area contributed by atoms with Gasteiger partial charge in [-0.15, -0.1) is 0 Å². The maximum absolute atomic E-state index is 11.4. The van der Waals surface area contributed by atoms with Gasteiger partial charge in [-0.1, -0.05) is 6.58 Å². The van der Waals surface area contributed by atoms with E-state index in [0.29, 0.717) is 24.5 Å². The van der Waals surface area contributed by atoms with Crippen LogP contribution in [0, 0.1) is 0 Å². The van der Waals surface area contributed by atoms with E-state index in [-0.39, 0.29) is 6.61 Å². The lowest BCUT2D eigenvalue weighted by atomic mass is 10.3. The Morgan fingerprint density at radius 1 is 0.885 bits per heavy atom.